The number of aryl methyl sites for hydroxylation is 1. The predicted octanol–water partition coefficient (Wildman–Crippen LogP) is 6.05. The molecule has 4 bridgehead atoms. The summed E-state index contributed by atoms with van der Waals surface area (Å²) in [6.07, 6.45) is 7.30. The van der Waals surface area contributed by atoms with E-state index in [-0.39, 0.29) is 0 Å². The van der Waals surface area contributed by atoms with Crippen LogP contribution in [0.25, 0.3) is 22.8 Å². The molecule has 0 unspecified atom stereocenters. The molecule has 3 nitrogen and oxygen atoms in total. The van der Waals surface area contributed by atoms with Gasteiger partial charge in [-0.3, -0.25) is 0 Å². The average molecular weight is 382 g/mol. The molecule has 4 aliphatic rings. The van der Waals surface area contributed by atoms with Gasteiger partial charge in [-0.25, -0.2) is 15.0 Å². The molecule has 29 heavy (non-hydrogen) atoms. The number of benzene rings is 2. The Kier molecular flexibility index (Phi) is 4.04. The second kappa shape index (κ2) is 6.76. The van der Waals surface area contributed by atoms with Crippen LogP contribution in [-0.4, -0.2) is 15.0 Å². The molecule has 0 atom stereocenters. The van der Waals surface area contributed by atoms with Gasteiger partial charge in [0.05, 0.1) is 0 Å². The zero-order chi connectivity index (χ0) is 19.4. The molecule has 1 heterocycles. The van der Waals surface area contributed by atoms with Crippen molar-refractivity contribution < 1.29 is 0 Å². The van der Waals surface area contributed by atoms with E-state index in [1.165, 1.54) is 37.7 Å². The van der Waals surface area contributed by atoms with Gasteiger partial charge in [-0.2, -0.15) is 0 Å². The Balaban J connectivity index is 1.37. The highest BCUT2D eigenvalue weighted by Gasteiger charge is 2.48. The van der Waals surface area contributed by atoms with Gasteiger partial charge in [0, 0.05) is 11.1 Å². The number of hydrogen-bond acceptors (Lipinski definition) is 3. The minimum absolute atomic E-state index is 0.735. The highest BCUT2D eigenvalue weighted by atomic mass is 15.0. The molecule has 0 aliphatic heterocycles. The maximum atomic E-state index is 4.83. The van der Waals surface area contributed by atoms with E-state index in [0.29, 0.717) is 0 Å². The Morgan fingerprint density at radius 1 is 0.655 bits per heavy atom. The number of rotatable bonds is 3. The van der Waals surface area contributed by atoms with E-state index in [0.717, 1.165) is 58.2 Å². The van der Waals surface area contributed by atoms with Crippen molar-refractivity contribution >= 4 is 0 Å². The first-order valence-electron chi connectivity index (χ1n) is 11.1. The van der Waals surface area contributed by atoms with E-state index in [9.17, 15) is 0 Å². The molecule has 4 fully saturated rings. The third-order valence-electron chi connectivity index (χ3n) is 7.54. The number of aromatic nitrogens is 3. The SMILES string of the molecule is Cc1nc(-c2ccccc2)nc(-c2cccc(C3C4CC5CC(C4)CC3C5)c2)n1. The van der Waals surface area contributed by atoms with Gasteiger partial charge in [-0.05, 0) is 80.2 Å². The first-order chi connectivity index (χ1) is 14.2. The van der Waals surface area contributed by atoms with Crippen LogP contribution in [0.3, 0.4) is 0 Å². The van der Waals surface area contributed by atoms with E-state index in [4.69, 9.17) is 4.98 Å². The summed E-state index contributed by atoms with van der Waals surface area (Å²) in [6, 6.07) is 19.3. The average Bonchev–Trinajstić information content (AvgIpc) is 2.73. The van der Waals surface area contributed by atoms with Crippen molar-refractivity contribution in [1.29, 1.82) is 0 Å². The fourth-order valence-electron chi connectivity index (χ4n) is 6.68. The van der Waals surface area contributed by atoms with Crippen LogP contribution >= 0.6 is 0 Å². The molecule has 0 spiro atoms. The highest BCUT2D eigenvalue weighted by Crippen LogP contribution is 2.59. The second-order valence-electron chi connectivity index (χ2n) is 9.48. The summed E-state index contributed by atoms with van der Waals surface area (Å²) in [5.41, 5.74) is 3.67. The standard InChI is InChI=1S/C26H27N3/c1-16-27-25(19-6-3-2-4-7-19)29-26(28-16)21-9-5-8-20(15-21)24-22-11-17-10-18(13-22)14-23(24)12-17/h2-9,15,17-18,22-24H,10-14H2,1H3. The van der Waals surface area contributed by atoms with Crippen LogP contribution in [0.2, 0.25) is 0 Å². The Morgan fingerprint density at radius 2 is 1.28 bits per heavy atom. The number of nitrogens with zero attached hydrogens (tertiary/aromatic N) is 3. The van der Waals surface area contributed by atoms with Gasteiger partial charge in [-0.15, -0.1) is 0 Å². The molecular formula is C26H27N3. The fraction of sp³-hybridized carbons (Fsp3) is 0.423. The largest absolute Gasteiger partial charge is 0.213 e. The summed E-state index contributed by atoms with van der Waals surface area (Å²) in [6.45, 7) is 1.96. The topological polar surface area (TPSA) is 38.7 Å². The quantitative estimate of drug-likeness (QED) is 0.554. The second-order valence-corrected chi connectivity index (χ2v) is 9.48. The third-order valence-corrected chi connectivity index (χ3v) is 7.54. The summed E-state index contributed by atoms with van der Waals surface area (Å²) in [7, 11) is 0. The van der Waals surface area contributed by atoms with Crippen LogP contribution in [0, 0.1) is 30.6 Å². The lowest BCUT2D eigenvalue weighted by Gasteiger charge is -2.54. The molecule has 146 valence electrons. The summed E-state index contributed by atoms with van der Waals surface area (Å²) in [5, 5.41) is 0. The van der Waals surface area contributed by atoms with E-state index in [1.54, 1.807) is 0 Å². The smallest absolute Gasteiger partial charge is 0.163 e. The lowest BCUT2D eigenvalue weighted by molar-refractivity contribution is -0.00276. The summed E-state index contributed by atoms with van der Waals surface area (Å²) >= 11 is 0. The molecular weight excluding hydrogens is 354 g/mol. The van der Waals surface area contributed by atoms with Crippen molar-refractivity contribution in [2.45, 2.75) is 44.9 Å². The zero-order valence-electron chi connectivity index (χ0n) is 17.0. The maximum Gasteiger partial charge on any atom is 0.163 e. The first kappa shape index (κ1) is 17.3. The molecule has 1 aromatic heterocycles. The molecule has 7 rings (SSSR count). The minimum atomic E-state index is 0.735. The molecule has 0 radical (unpaired) electrons. The van der Waals surface area contributed by atoms with Crippen LogP contribution in [-0.2, 0) is 0 Å². The summed E-state index contributed by atoms with van der Waals surface area (Å²) in [4.78, 5) is 14.1. The van der Waals surface area contributed by atoms with E-state index in [1.807, 2.05) is 25.1 Å². The molecule has 4 aliphatic carbocycles. The first-order valence-corrected chi connectivity index (χ1v) is 11.1. The van der Waals surface area contributed by atoms with Crippen molar-refractivity contribution in [3.63, 3.8) is 0 Å². The summed E-state index contributed by atoms with van der Waals surface area (Å²) in [5.74, 6) is 6.86. The van der Waals surface area contributed by atoms with E-state index >= 15 is 0 Å². The van der Waals surface area contributed by atoms with Crippen LogP contribution in [0.15, 0.2) is 54.6 Å². The van der Waals surface area contributed by atoms with Crippen LogP contribution < -0.4 is 0 Å². The Hall–Kier alpha value is -2.55. The highest BCUT2D eigenvalue weighted by molar-refractivity contribution is 5.61. The van der Waals surface area contributed by atoms with Gasteiger partial charge in [-0.1, -0.05) is 48.5 Å². The van der Waals surface area contributed by atoms with Gasteiger partial charge < -0.3 is 0 Å². The molecule has 3 aromatic rings. The van der Waals surface area contributed by atoms with Crippen molar-refractivity contribution in [3.05, 3.63) is 66.0 Å². The Labute approximate surface area is 172 Å². The lowest BCUT2D eigenvalue weighted by Crippen LogP contribution is -2.43. The summed E-state index contributed by atoms with van der Waals surface area (Å²) < 4.78 is 0. The van der Waals surface area contributed by atoms with Crippen molar-refractivity contribution in [2.75, 3.05) is 0 Å². The number of hydrogen-bond donors (Lipinski definition) is 0. The van der Waals surface area contributed by atoms with Crippen LogP contribution in [0.1, 0.15) is 49.4 Å². The van der Waals surface area contributed by atoms with Crippen molar-refractivity contribution in [1.82, 2.24) is 15.0 Å². The van der Waals surface area contributed by atoms with E-state index in [2.05, 4.69) is 46.4 Å². The van der Waals surface area contributed by atoms with Crippen LogP contribution in [0.5, 0.6) is 0 Å². The van der Waals surface area contributed by atoms with Gasteiger partial charge in [0.25, 0.3) is 0 Å². The monoisotopic (exact) mass is 381 g/mol. The fourth-order valence-corrected chi connectivity index (χ4v) is 6.68. The molecule has 2 aromatic carbocycles. The maximum absolute atomic E-state index is 4.83. The Morgan fingerprint density at radius 3 is 1.97 bits per heavy atom. The van der Waals surface area contributed by atoms with Gasteiger partial charge in [0.1, 0.15) is 5.82 Å². The van der Waals surface area contributed by atoms with Gasteiger partial charge in [0.15, 0.2) is 11.6 Å². The van der Waals surface area contributed by atoms with Crippen molar-refractivity contribution in [3.8, 4) is 22.8 Å². The van der Waals surface area contributed by atoms with Crippen molar-refractivity contribution in [2.24, 2.45) is 23.7 Å². The third kappa shape index (κ3) is 3.08. The minimum Gasteiger partial charge on any atom is -0.213 e. The predicted molar refractivity (Wildman–Crippen MR) is 115 cm³/mol. The Bertz CT molecular complexity index is 1010. The molecule has 0 saturated heterocycles. The molecule has 0 N–H and O–H groups in total. The zero-order valence-corrected chi connectivity index (χ0v) is 17.0. The van der Waals surface area contributed by atoms with Gasteiger partial charge in [0.2, 0.25) is 0 Å². The van der Waals surface area contributed by atoms with E-state index < -0.39 is 0 Å². The molecule has 4 saturated carbocycles. The molecule has 0 amide bonds. The van der Waals surface area contributed by atoms with Gasteiger partial charge >= 0.3 is 0 Å². The lowest BCUT2D eigenvalue weighted by atomic mass is 9.51. The normalized spacial score (nSPS) is 29.9. The molecule has 3 heteroatoms. The van der Waals surface area contributed by atoms with Crippen LogP contribution in [0.4, 0.5) is 0 Å².